The molecule has 4 nitrogen and oxygen atoms in total. The molecule has 1 saturated heterocycles. The maximum absolute atomic E-state index is 13.1. The highest BCUT2D eigenvalue weighted by atomic mass is 19.1. The molecule has 5 heteroatoms. The Bertz CT molecular complexity index is 685. The number of benzene rings is 1. The highest BCUT2D eigenvalue weighted by Crippen LogP contribution is 2.22. The Morgan fingerprint density at radius 1 is 1.14 bits per heavy atom. The van der Waals surface area contributed by atoms with E-state index in [0.717, 1.165) is 48.8 Å². The topological polar surface area (TPSA) is 37.3 Å². The Balaban J connectivity index is 1.95. The van der Waals surface area contributed by atoms with Crippen LogP contribution in [0.25, 0.3) is 5.69 Å². The highest BCUT2D eigenvalue weighted by molar-refractivity contribution is 5.96. The first kappa shape index (κ1) is 14.8. The zero-order chi connectivity index (χ0) is 15.7. The number of carbonyl (C=O) groups is 1. The summed E-state index contributed by atoms with van der Waals surface area (Å²) in [5, 5.41) is 3.25. The number of halogens is 1. The van der Waals surface area contributed by atoms with Crippen LogP contribution in [0.3, 0.4) is 0 Å². The molecule has 22 heavy (non-hydrogen) atoms. The van der Waals surface area contributed by atoms with Crippen molar-refractivity contribution >= 4 is 5.91 Å². The van der Waals surface area contributed by atoms with Gasteiger partial charge in [0.15, 0.2) is 0 Å². The molecule has 1 aromatic carbocycles. The van der Waals surface area contributed by atoms with Gasteiger partial charge < -0.3 is 14.8 Å². The van der Waals surface area contributed by atoms with Gasteiger partial charge in [0.2, 0.25) is 0 Å². The molecule has 2 heterocycles. The number of rotatable bonds is 2. The van der Waals surface area contributed by atoms with Crippen molar-refractivity contribution in [1.29, 1.82) is 0 Å². The lowest BCUT2D eigenvalue weighted by Crippen LogP contribution is -2.46. The van der Waals surface area contributed by atoms with E-state index in [2.05, 4.69) is 5.32 Å². The summed E-state index contributed by atoms with van der Waals surface area (Å²) in [5.41, 5.74) is 3.47. The molecule has 0 atom stereocenters. The number of piperazine rings is 1. The molecule has 0 unspecified atom stereocenters. The third kappa shape index (κ3) is 2.64. The van der Waals surface area contributed by atoms with Gasteiger partial charge in [0, 0.05) is 43.3 Å². The Kier molecular flexibility index (Phi) is 3.98. The van der Waals surface area contributed by atoms with Gasteiger partial charge in [-0.25, -0.2) is 4.39 Å². The van der Waals surface area contributed by atoms with Gasteiger partial charge >= 0.3 is 0 Å². The van der Waals surface area contributed by atoms with Crippen LogP contribution in [0.15, 0.2) is 30.3 Å². The van der Waals surface area contributed by atoms with Gasteiger partial charge in [-0.3, -0.25) is 4.79 Å². The third-order valence-electron chi connectivity index (χ3n) is 4.15. The molecule has 0 bridgehead atoms. The second-order valence-electron chi connectivity index (χ2n) is 5.64. The normalized spacial score (nSPS) is 15.1. The summed E-state index contributed by atoms with van der Waals surface area (Å²) in [4.78, 5) is 14.6. The van der Waals surface area contributed by atoms with Crippen LogP contribution in [0.5, 0.6) is 0 Å². The van der Waals surface area contributed by atoms with Crippen molar-refractivity contribution in [3.05, 3.63) is 53.1 Å². The maximum atomic E-state index is 13.1. The Morgan fingerprint density at radius 2 is 1.77 bits per heavy atom. The fourth-order valence-corrected chi connectivity index (χ4v) is 3.01. The van der Waals surface area contributed by atoms with Crippen molar-refractivity contribution in [3.8, 4) is 5.69 Å². The summed E-state index contributed by atoms with van der Waals surface area (Å²) in [7, 11) is 0. The van der Waals surface area contributed by atoms with Crippen molar-refractivity contribution < 1.29 is 9.18 Å². The summed E-state index contributed by atoms with van der Waals surface area (Å²) in [5.74, 6) is -0.189. The number of hydrogen-bond acceptors (Lipinski definition) is 2. The van der Waals surface area contributed by atoms with Crippen LogP contribution in [-0.2, 0) is 0 Å². The fourth-order valence-electron chi connectivity index (χ4n) is 3.01. The minimum atomic E-state index is -0.261. The molecule has 0 spiro atoms. The van der Waals surface area contributed by atoms with Crippen LogP contribution in [0.1, 0.15) is 21.7 Å². The van der Waals surface area contributed by atoms with Crippen molar-refractivity contribution in [2.75, 3.05) is 26.2 Å². The molecule has 1 fully saturated rings. The lowest BCUT2D eigenvalue weighted by molar-refractivity contribution is 0.0735. The molecule has 1 aliphatic heterocycles. The number of aromatic nitrogens is 1. The molecular weight excluding hydrogens is 281 g/mol. The van der Waals surface area contributed by atoms with E-state index in [1.807, 2.05) is 29.4 Å². The lowest BCUT2D eigenvalue weighted by Gasteiger charge is -2.27. The van der Waals surface area contributed by atoms with Gasteiger partial charge in [-0.2, -0.15) is 0 Å². The first-order valence-corrected chi connectivity index (χ1v) is 7.53. The summed E-state index contributed by atoms with van der Waals surface area (Å²) in [6, 6.07) is 8.25. The van der Waals surface area contributed by atoms with Crippen LogP contribution >= 0.6 is 0 Å². The third-order valence-corrected chi connectivity index (χ3v) is 4.15. The Hall–Kier alpha value is -2.14. The number of aryl methyl sites for hydroxylation is 1. The van der Waals surface area contributed by atoms with Gasteiger partial charge in [0.1, 0.15) is 5.82 Å². The predicted octanol–water partition coefficient (Wildman–Crippen LogP) is 2.28. The predicted molar refractivity (Wildman–Crippen MR) is 84.0 cm³/mol. The van der Waals surface area contributed by atoms with Gasteiger partial charge in [-0.1, -0.05) is 0 Å². The van der Waals surface area contributed by atoms with E-state index in [1.165, 1.54) is 12.1 Å². The van der Waals surface area contributed by atoms with Gasteiger partial charge in [-0.15, -0.1) is 0 Å². The van der Waals surface area contributed by atoms with E-state index < -0.39 is 0 Å². The summed E-state index contributed by atoms with van der Waals surface area (Å²) >= 11 is 0. The van der Waals surface area contributed by atoms with Crippen LogP contribution in [0.2, 0.25) is 0 Å². The number of nitrogens with zero attached hydrogens (tertiary/aromatic N) is 2. The monoisotopic (exact) mass is 301 g/mol. The van der Waals surface area contributed by atoms with E-state index in [4.69, 9.17) is 0 Å². The second kappa shape index (κ2) is 5.93. The lowest BCUT2D eigenvalue weighted by atomic mass is 10.2. The summed E-state index contributed by atoms with van der Waals surface area (Å²) in [6.45, 7) is 7.04. The zero-order valence-electron chi connectivity index (χ0n) is 12.9. The van der Waals surface area contributed by atoms with Crippen LogP contribution in [0, 0.1) is 19.7 Å². The van der Waals surface area contributed by atoms with Crippen molar-refractivity contribution in [3.63, 3.8) is 0 Å². The first-order valence-electron chi connectivity index (χ1n) is 7.53. The van der Waals surface area contributed by atoms with Crippen molar-refractivity contribution in [2.24, 2.45) is 0 Å². The van der Waals surface area contributed by atoms with E-state index >= 15 is 0 Å². The average Bonchev–Trinajstić information content (AvgIpc) is 2.83. The quantitative estimate of drug-likeness (QED) is 0.924. The molecule has 0 radical (unpaired) electrons. The Morgan fingerprint density at radius 3 is 2.41 bits per heavy atom. The summed E-state index contributed by atoms with van der Waals surface area (Å²) in [6.07, 6.45) is 0. The molecule has 116 valence electrons. The zero-order valence-corrected chi connectivity index (χ0v) is 12.9. The molecule has 2 aromatic rings. The van der Waals surface area contributed by atoms with Gasteiger partial charge in [-0.05, 0) is 44.2 Å². The van der Waals surface area contributed by atoms with Crippen molar-refractivity contribution in [1.82, 2.24) is 14.8 Å². The first-order chi connectivity index (χ1) is 10.6. The molecular formula is C17H20FN3O. The van der Waals surface area contributed by atoms with E-state index in [1.54, 1.807) is 12.1 Å². The average molecular weight is 301 g/mol. The minimum Gasteiger partial charge on any atom is -0.336 e. The highest BCUT2D eigenvalue weighted by Gasteiger charge is 2.22. The number of amides is 1. The standard InChI is InChI=1S/C17H20FN3O/c1-12-11-16(17(22)20-9-7-19-8-10-20)13(2)21(12)15-5-3-14(18)4-6-15/h3-6,11,19H,7-10H2,1-2H3. The second-order valence-corrected chi connectivity index (χ2v) is 5.64. The fraction of sp³-hybridized carbons (Fsp3) is 0.353. The van der Waals surface area contributed by atoms with E-state index in [-0.39, 0.29) is 11.7 Å². The van der Waals surface area contributed by atoms with Crippen LogP contribution in [-0.4, -0.2) is 41.6 Å². The number of nitrogens with one attached hydrogen (secondary N) is 1. The van der Waals surface area contributed by atoms with Crippen LogP contribution in [0.4, 0.5) is 4.39 Å². The van der Waals surface area contributed by atoms with Crippen molar-refractivity contribution in [2.45, 2.75) is 13.8 Å². The summed E-state index contributed by atoms with van der Waals surface area (Å²) < 4.78 is 15.1. The molecule has 0 saturated carbocycles. The largest absolute Gasteiger partial charge is 0.336 e. The molecule has 1 aliphatic rings. The molecule has 1 aromatic heterocycles. The smallest absolute Gasteiger partial charge is 0.255 e. The number of hydrogen-bond donors (Lipinski definition) is 1. The van der Waals surface area contributed by atoms with Gasteiger partial charge in [0.25, 0.3) is 5.91 Å². The molecule has 0 aliphatic carbocycles. The maximum Gasteiger partial charge on any atom is 0.255 e. The molecule has 1 amide bonds. The molecule has 1 N–H and O–H groups in total. The minimum absolute atomic E-state index is 0.0722. The van der Waals surface area contributed by atoms with E-state index in [9.17, 15) is 9.18 Å². The van der Waals surface area contributed by atoms with E-state index in [0.29, 0.717) is 0 Å². The molecule has 3 rings (SSSR count). The SMILES string of the molecule is Cc1cc(C(=O)N2CCNCC2)c(C)n1-c1ccc(F)cc1. The number of carbonyl (C=O) groups excluding carboxylic acids is 1. The van der Waals surface area contributed by atoms with Gasteiger partial charge in [0.05, 0.1) is 5.56 Å². The van der Waals surface area contributed by atoms with Crippen LogP contribution < -0.4 is 5.32 Å². The Labute approximate surface area is 129 Å².